The van der Waals surface area contributed by atoms with E-state index in [9.17, 15) is 4.79 Å². The van der Waals surface area contributed by atoms with Crippen molar-refractivity contribution in [2.45, 2.75) is 45.4 Å². The van der Waals surface area contributed by atoms with Crippen LogP contribution < -0.4 is 0 Å². The predicted molar refractivity (Wildman–Crippen MR) is 60.2 cm³/mol. The molecule has 0 aromatic rings. The van der Waals surface area contributed by atoms with Gasteiger partial charge >= 0.3 is 0 Å². The summed E-state index contributed by atoms with van der Waals surface area (Å²) in [7, 11) is 0. The summed E-state index contributed by atoms with van der Waals surface area (Å²) in [5.74, 6) is 0.763. The lowest BCUT2D eigenvalue weighted by Gasteiger charge is -2.00. The highest BCUT2D eigenvalue weighted by Gasteiger charge is 2.13. The summed E-state index contributed by atoms with van der Waals surface area (Å²) in [5, 5.41) is 0. The molecule has 1 rings (SSSR count). The molecule has 1 nitrogen and oxygen atoms in total. The second kappa shape index (κ2) is 6.58. The Morgan fingerprint density at radius 2 is 2.29 bits per heavy atom. The van der Waals surface area contributed by atoms with E-state index in [1.807, 2.05) is 6.08 Å². The zero-order chi connectivity index (χ0) is 10.2. The van der Waals surface area contributed by atoms with Gasteiger partial charge in [0.15, 0.2) is 5.78 Å². The van der Waals surface area contributed by atoms with E-state index in [1.54, 1.807) is 6.08 Å². The van der Waals surface area contributed by atoms with Gasteiger partial charge in [-0.2, -0.15) is 0 Å². The van der Waals surface area contributed by atoms with Crippen LogP contribution in [-0.4, -0.2) is 5.78 Å². The van der Waals surface area contributed by atoms with Crippen LogP contribution in [0.5, 0.6) is 0 Å². The lowest BCUT2D eigenvalue weighted by Crippen LogP contribution is -1.94. The number of unbranched alkanes of at least 4 members (excludes halogenated alkanes) is 3. The highest BCUT2D eigenvalue weighted by Crippen LogP contribution is 2.18. The van der Waals surface area contributed by atoms with Crippen molar-refractivity contribution in [2.24, 2.45) is 5.92 Å². The number of rotatable bonds is 6. The van der Waals surface area contributed by atoms with E-state index in [2.05, 4.69) is 19.1 Å². The van der Waals surface area contributed by atoms with Crippen molar-refractivity contribution < 1.29 is 4.79 Å². The number of carbonyl (C=O) groups excluding carboxylic acids is 1. The number of allylic oxidation sites excluding steroid dienone is 4. The van der Waals surface area contributed by atoms with Crippen molar-refractivity contribution in [3.05, 3.63) is 24.3 Å². The Labute approximate surface area is 86.9 Å². The average molecular weight is 192 g/mol. The molecular formula is C13H20O. The van der Waals surface area contributed by atoms with Crippen LogP contribution in [-0.2, 0) is 4.79 Å². The first kappa shape index (κ1) is 11.2. The third-order valence-electron chi connectivity index (χ3n) is 2.60. The van der Waals surface area contributed by atoms with E-state index in [4.69, 9.17) is 0 Å². The Balaban J connectivity index is 2.03. The fraction of sp³-hybridized carbons (Fsp3) is 0.615. The van der Waals surface area contributed by atoms with Gasteiger partial charge in [0, 0.05) is 6.42 Å². The first-order chi connectivity index (χ1) is 6.83. The largest absolute Gasteiger partial charge is 0.295 e. The van der Waals surface area contributed by atoms with E-state index in [1.165, 1.54) is 25.7 Å². The summed E-state index contributed by atoms with van der Waals surface area (Å²) in [4.78, 5) is 10.9. The minimum absolute atomic E-state index is 0.286. The van der Waals surface area contributed by atoms with E-state index < -0.39 is 0 Å². The zero-order valence-corrected chi connectivity index (χ0v) is 9.04. The summed E-state index contributed by atoms with van der Waals surface area (Å²) in [6, 6.07) is 0. The molecule has 0 aromatic carbocycles. The molecule has 0 aromatic heterocycles. The molecule has 0 radical (unpaired) electrons. The van der Waals surface area contributed by atoms with Gasteiger partial charge in [-0.25, -0.2) is 0 Å². The third-order valence-corrected chi connectivity index (χ3v) is 2.60. The van der Waals surface area contributed by atoms with Gasteiger partial charge in [-0.3, -0.25) is 4.79 Å². The lowest BCUT2D eigenvalue weighted by atomic mass is 10.0. The summed E-state index contributed by atoms with van der Waals surface area (Å²) in [6.07, 6.45) is 15.1. The minimum Gasteiger partial charge on any atom is -0.295 e. The second-order valence-electron chi connectivity index (χ2n) is 3.99. The smallest absolute Gasteiger partial charge is 0.155 e. The van der Waals surface area contributed by atoms with Crippen LogP contribution in [0.15, 0.2) is 24.3 Å². The van der Waals surface area contributed by atoms with Gasteiger partial charge < -0.3 is 0 Å². The molecule has 0 saturated carbocycles. The predicted octanol–water partition coefficient (Wildman–Crippen LogP) is 3.66. The standard InChI is InChI=1S/C13H20O/c1-2-3-4-5-6-7-8-12-9-10-13(14)11-12/h6-7,9-10,12H,2-5,8,11H2,1H3/t12-/m0/s1. The van der Waals surface area contributed by atoms with Crippen LogP contribution >= 0.6 is 0 Å². The zero-order valence-electron chi connectivity index (χ0n) is 9.04. The van der Waals surface area contributed by atoms with Gasteiger partial charge in [-0.1, -0.05) is 38.0 Å². The summed E-state index contributed by atoms with van der Waals surface area (Å²) < 4.78 is 0. The Kier molecular flexibility index (Phi) is 5.28. The van der Waals surface area contributed by atoms with Crippen molar-refractivity contribution in [1.82, 2.24) is 0 Å². The van der Waals surface area contributed by atoms with Crippen molar-refractivity contribution in [1.29, 1.82) is 0 Å². The molecule has 0 amide bonds. The molecule has 1 aliphatic carbocycles. The van der Waals surface area contributed by atoms with Crippen molar-refractivity contribution in [3.8, 4) is 0 Å². The third kappa shape index (κ3) is 4.40. The monoisotopic (exact) mass is 192 g/mol. The van der Waals surface area contributed by atoms with E-state index in [-0.39, 0.29) is 5.78 Å². The fourth-order valence-corrected chi connectivity index (χ4v) is 1.70. The summed E-state index contributed by atoms with van der Waals surface area (Å²) in [6.45, 7) is 2.22. The maximum Gasteiger partial charge on any atom is 0.155 e. The SMILES string of the molecule is CCCCCC=CC[C@H]1C=CC(=O)C1. The number of ketones is 1. The molecule has 0 bridgehead atoms. The van der Waals surface area contributed by atoms with Gasteiger partial charge in [0.1, 0.15) is 0 Å². The maximum atomic E-state index is 10.9. The quantitative estimate of drug-likeness (QED) is 0.463. The molecule has 0 fully saturated rings. The number of hydrogen-bond acceptors (Lipinski definition) is 1. The Morgan fingerprint density at radius 3 is 2.93 bits per heavy atom. The van der Waals surface area contributed by atoms with Gasteiger partial charge in [-0.15, -0.1) is 0 Å². The van der Waals surface area contributed by atoms with Crippen LogP contribution in [0.1, 0.15) is 45.4 Å². The van der Waals surface area contributed by atoms with Gasteiger partial charge in [0.2, 0.25) is 0 Å². The topological polar surface area (TPSA) is 17.1 Å². The van der Waals surface area contributed by atoms with E-state index in [0.717, 1.165) is 12.8 Å². The van der Waals surface area contributed by atoms with Crippen LogP contribution in [0.2, 0.25) is 0 Å². The molecule has 0 unspecified atom stereocenters. The van der Waals surface area contributed by atoms with E-state index in [0.29, 0.717) is 5.92 Å². The van der Waals surface area contributed by atoms with Gasteiger partial charge in [0.25, 0.3) is 0 Å². The molecule has 1 aliphatic rings. The molecule has 0 spiro atoms. The molecule has 0 saturated heterocycles. The second-order valence-corrected chi connectivity index (χ2v) is 3.99. The molecule has 0 heterocycles. The molecule has 1 heteroatoms. The highest BCUT2D eigenvalue weighted by molar-refractivity contribution is 5.92. The normalized spacial score (nSPS) is 21.2. The first-order valence-corrected chi connectivity index (χ1v) is 5.69. The molecule has 14 heavy (non-hydrogen) atoms. The van der Waals surface area contributed by atoms with Crippen molar-refractivity contribution in [3.63, 3.8) is 0 Å². The average Bonchev–Trinajstić information content (AvgIpc) is 2.58. The van der Waals surface area contributed by atoms with Gasteiger partial charge in [-0.05, 0) is 31.3 Å². The maximum absolute atomic E-state index is 10.9. The van der Waals surface area contributed by atoms with Crippen LogP contribution in [0, 0.1) is 5.92 Å². The van der Waals surface area contributed by atoms with Crippen molar-refractivity contribution >= 4 is 5.78 Å². The molecule has 0 N–H and O–H groups in total. The van der Waals surface area contributed by atoms with Crippen LogP contribution in [0.3, 0.4) is 0 Å². The molecule has 78 valence electrons. The van der Waals surface area contributed by atoms with Crippen LogP contribution in [0.4, 0.5) is 0 Å². The fourth-order valence-electron chi connectivity index (χ4n) is 1.70. The minimum atomic E-state index is 0.286. The van der Waals surface area contributed by atoms with Gasteiger partial charge in [0.05, 0.1) is 0 Å². The molecule has 1 atom stereocenters. The number of hydrogen-bond donors (Lipinski definition) is 0. The Bertz CT molecular complexity index is 225. The Hall–Kier alpha value is -0.850. The number of carbonyl (C=O) groups is 1. The van der Waals surface area contributed by atoms with Crippen LogP contribution in [0.25, 0.3) is 0 Å². The highest BCUT2D eigenvalue weighted by atomic mass is 16.1. The first-order valence-electron chi connectivity index (χ1n) is 5.69. The van der Waals surface area contributed by atoms with E-state index >= 15 is 0 Å². The molecular weight excluding hydrogens is 172 g/mol. The Morgan fingerprint density at radius 1 is 1.43 bits per heavy atom. The van der Waals surface area contributed by atoms with Crippen molar-refractivity contribution in [2.75, 3.05) is 0 Å². The molecule has 0 aliphatic heterocycles. The summed E-state index contributed by atoms with van der Waals surface area (Å²) >= 11 is 0. The lowest BCUT2D eigenvalue weighted by molar-refractivity contribution is -0.114. The summed E-state index contributed by atoms with van der Waals surface area (Å²) in [5.41, 5.74) is 0.